The van der Waals surface area contributed by atoms with Crippen LogP contribution >= 0.6 is 11.8 Å². The number of nitro benzene ring substituents is 2. The van der Waals surface area contributed by atoms with Gasteiger partial charge in [-0.1, -0.05) is 0 Å². The minimum atomic E-state index is -1.17. The van der Waals surface area contributed by atoms with Gasteiger partial charge >= 0.3 is 11.9 Å². The maximum atomic E-state index is 11.3. The van der Waals surface area contributed by atoms with E-state index in [9.17, 15) is 39.4 Å². The predicted molar refractivity (Wildman–Crippen MR) is 110 cm³/mol. The van der Waals surface area contributed by atoms with Crippen molar-refractivity contribution in [3.05, 3.63) is 38.4 Å². The van der Waals surface area contributed by atoms with Crippen LogP contribution in [0.2, 0.25) is 0 Å². The summed E-state index contributed by atoms with van der Waals surface area (Å²) >= 11 is 0.986. The van der Waals surface area contributed by atoms with Crippen LogP contribution in [0.1, 0.15) is 19.3 Å². The van der Waals surface area contributed by atoms with E-state index in [1.165, 1.54) is 6.07 Å². The van der Waals surface area contributed by atoms with Crippen LogP contribution in [-0.4, -0.2) is 62.2 Å². The quantitative estimate of drug-likeness (QED) is 0.150. The molecule has 0 saturated heterocycles. The summed E-state index contributed by atoms with van der Waals surface area (Å²) in [4.78, 5) is 61.9. The number of nitrogens with two attached hydrogens (primary N) is 2. The van der Waals surface area contributed by atoms with Gasteiger partial charge in [0, 0.05) is 24.7 Å². The molecule has 15 nitrogen and oxygen atoms in total. The number of carboxylic acids is 2. The Labute approximate surface area is 184 Å². The minimum Gasteiger partial charge on any atom is -0.480 e. The van der Waals surface area contributed by atoms with Crippen LogP contribution in [0.3, 0.4) is 0 Å². The van der Waals surface area contributed by atoms with Crippen molar-refractivity contribution in [2.75, 3.05) is 12.3 Å². The number of primary amides is 1. The Morgan fingerprint density at radius 3 is 2.19 bits per heavy atom. The molecule has 0 aliphatic heterocycles. The lowest BCUT2D eigenvalue weighted by atomic mass is 10.2. The molecule has 0 aliphatic rings. The zero-order valence-electron chi connectivity index (χ0n) is 16.5. The predicted octanol–water partition coefficient (Wildman–Crippen LogP) is -0.150. The zero-order valence-corrected chi connectivity index (χ0v) is 17.3. The van der Waals surface area contributed by atoms with E-state index in [1.54, 1.807) is 0 Å². The van der Waals surface area contributed by atoms with E-state index >= 15 is 0 Å². The average molecular weight is 475 g/mol. The first-order chi connectivity index (χ1) is 14.8. The van der Waals surface area contributed by atoms with Gasteiger partial charge < -0.3 is 27.0 Å². The van der Waals surface area contributed by atoms with Crippen LogP contribution in [0.15, 0.2) is 23.1 Å². The number of benzene rings is 1. The second-order valence-corrected chi connectivity index (χ2v) is 7.02. The highest BCUT2D eigenvalue weighted by Gasteiger charge is 2.19. The van der Waals surface area contributed by atoms with Crippen molar-refractivity contribution in [1.82, 2.24) is 5.32 Å². The molecule has 0 aromatic heterocycles. The van der Waals surface area contributed by atoms with Gasteiger partial charge in [-0.05, 0) is 12.5 Å². The largest absolute Gasteiger partial charge is 0.480 e. The lowest BCUT2D eigenvalue weighted by Gasteiger charge is -2.04. The Balaban J connectivity index is 0.000000809. The van der Waals surface area contributed by atoms with Crippen molar-refractivity contribution in [3.8, 4) is 0 Å². The molecule has 176 valence electrons. The molecule has 16 heteroatoms. The number of nitrogens with zero attached hydrogens (tertiary/aromatic N) is 2. The lowest BCUT2D eigenvalue weighted by molar-refractivity contribution is -0.396. The number of hydrogen-bond donors (Lipinski definition) is 5. The SMILES string of the molecule is NC(=O)CC[C@H](N)C(=O)O.O=C(O)CNC(=O)CCSc1ccc([N+](=O)[O-])cc1[N+](=O)[O-]. The summed E-state index contributed by atoms with van der Waals surface area (Å²) in [5.41, 5.74) is 9.01. The molecule has 0 aliphatic carbocycles. The maximum absolute atomic E-state index is 11.3. The average Bonchev–Trinajstić information content (AvgIpc) is 2.70. The van der Waals surface area contributed by atoms with Gasteiger partial charge in [0.15, 0.2) is 0 Å². The number of rotatable bonds is 12. The standard InChI is InChI=1S/C11H11N3O7S.C5H10N2O3/c15-10(12-6-11(16)17)3-4-22-9-2-1-7(13(18)19)5-8(9)14(20)21;6-3(5(9)10)1-2-4(7)8/h1-2,5H,3-4,6H2,(H,12,15)(H,16,17);3H,1-2,6H2,(H2,7,8)(H,9,10)/t;3-/m.0/s1. The van der Waals surface area contributed by atoms with E-state index in [1.807, 2.05) is 0 Å². The lowest BCUT2D eigenvalue weighted by Crippen LogP contribution is -2.31. The number of amides is 2. The van der Waals surface area contributed by atoms with E-state index in [4.69, 9.17) is 21.7 Å². The normalized spacial score (nSPS) is 10.8. The number of aliphatic carboxylic acids is 2. The number of nitro groups is 2. The number of nitrogens with one attached hydrogen (secondary N) is 1. The van der Waals surface area contributed by atoms with Crippen LogP contribution in [0.4, 0.5) is 11.4 Å². The fourth-order valence-electron chi connectivity index (χ4n) is 1.82. The molecular weight excluding hydrogens is 454 g/mol. The van der Waals surface area contributed by atoms with Gasteiger partial charge in [-0.3, -0.25) is 39.4 Å². The molecule has 1 rings (SSSR count). The van der Waals surface area contributed by atoms with E-state index in [0.717, 1.165) is 23.9 Å². The first-order valence-electron chi connectivity index (χ1n) is 8.66. The van der Waals surface area contributed by atoms with E-state index in [-0.39, 0.29) is 29.9 Å². The summed E-state index contributed by atoms with van der Waals surface area (Å²) in [6.07, 6.45) is 0.0875. The third-order valence-electron chi connectivity index (χ3n) is 3.39. The van der Waals surface area contributed by atoms with Gasteiger partial charge in [0.2, 0.25) is 11.8 Å². The molecule has 1 atom stereocenters. The molecule has 0 saturated carbocycles. The Kier molecular flexibility index (Phi) is 12.6. The summed E-state index contributed by atoms with van der Waals surface area (Å²) in [5.74, 6) is -3.14. The van der Waals surface area contributed by atoms with E-state index < -0.39 is 57.6 Å². The molecule has 0 spiro atoms. The smallest absolute Gasteiger partial charge is 0.322 e. The second-order valence-electron chi connectivity index (χ2n) is 5.88. The number of carbonyl (C=O) groups is 4. The van der Waals surface area contributed by atoms with Crippen LogP contribution in [0.5, 0.6) is 0 Å². The summed E-state index contributed by atoms with van der Waals surface area (Å²) in [6.45, 7) is -0.499. The summed E-state index contributed by atoms with van der Waals surface area (Å²) in [6, 6.07) is 2.26. The Morgan fingerprint density at radius 2 is 1.72 bits per heavy atom. The van der Waals surface area contributed by atoms with Gasteiger partial charge in [0.05, 0.1) is 20.8 Å². The summed E-state index contributed by atoms with van der Waals surface area (Å²) in [5, 5.41) is 40.2. The van der Waals surface area contributed by atoms with Gasteiger partial charge in [-0.25, -0.2) is 0 Å². The maximum Gasteiger partial charge on any atom is 0.322 e. The summed E-state index contributed by atoms with van der Waals surface area (Å²) < 4.78 is 0. The van der Waals surface area contributed by atoms with Crippen LogP contribution in [-0.2, 0) is 19.2 Å². The van der Waals surface area contributed by atoms with Crippen molar-refractivity contribution in [1.29, 1.82) is 0 Å². The van der Waals surface area contributed by atoms with Gasteiger partial charge in [0.25, 0.3) is 11.4 Å². The Hall–Kier alpha value is -3.79. The van der Waals surface area contributed by atoms with Crippen molar-refractivity contribution in [2.24, 2.45) is 11.5 Å². The van der Waals surface area contributed by atoms with Gasteiger partial charge in [-0.2, -0.15) is 0 Å². The van der Waals surface area contributed by atoms with Crippen molar-refractivity contribution in [2.45, 2.75) is 30.2 Å². The second kappa shape index (κ2) is 14.3. The van der Waals surface area contributed by atoms with Crippen LogP contribution in [0, 0.1) is 20.2 Å². The topological polar surface area (TPSA) is 259 Å². The number of hydrogen-bond acceptors (Lipinski definition) is 10. The molecule has 0 bridgehead atoms. The van der Waals surface area contributed by atoms with Gasteiger partial charge in [-0.15, -0.1) is 11.8 Å². The number of carbonyl (C=O) groups excluding carboxylic acids is 2. The molecular formula is C16H21N5O10S. The highest BCUT2D eigenvalue weighted by atomic mass is 32.2. The van der Waals surface area contributed by atoms with Crippen molar-refractivity contribution >= 4 is 46.9 Å². The highest BCUT2D eigenvalue weighted by molar-refractivity contribution is 7.99. The molecule has 0 heterocycles. The number of carboxylic acid groups (broad SMARTS) is 2. The molecule has 1 aromatic carbocycles. The Morgan fingerprint density at radius 1 is 1.09 bits per heavy atom. The monoisotopic (exact) mass is 475 g/mol. The highest BCUT2D eigenvalue weighted by Crippen LogP contribution is 2.32. The van der Waals surface area contributed by atoms with E-state index in [0.29, 0.717) is 0 Å². The molecule has 7 N–H and O–H groups in total. The van der Waals surface area contributed by atoms with Gasteiger partial charge in [0.1, 0.15) is 12.6 Å². The number of thioether (sulfide) groups is 1. The van der Waals surface area contributed by atoms with Crippen LogP contribution in [0.25, 0.3) is 0 Å². The minimum absolute atomic E-state index is 0.0213. The zero-order chi connectivity index (χ0) is 24.8. The molecule has 2 amide bonds. The fourth-order valence-corrected chi connectivity index (χ4v) is 2.77. The molecule has 0 fully saturated rings. The number of non-ortho nitro benzene ring substituents is 1. The molecule has 32 heavy (non-hydrogen) atoms. The van der Waals surface area contributed by atoms with Crippen molar-refractivity contribution < 1.29 is 39.2 Å². The molecule has 0 radical (unpaired) electrons. The van der Waals surface area contributed by atoms with Crippen molar-refractivity contribution in [3.63, 3.8) is 0 Å². The van der Waals surface area contributed by atoms with E-state index in [2.05, 4.69) is 5.32 Å². The Bertz CT molecular complexity index is 879. The molecule has 0 unspecified atom stereocenters. The first-order valence-corrected chi connectivity index (χ1v) is 9.64. The third-order valence-corrected chi connectivity index (χ3v) is 4.46. The third kappa shape index (κ3) is 12.0. The molecule has 1 aromatic rings. The fraction of sp³-hybridized carbons (Fsp3) is 0.375. The van der Waals surface area contributed by atoms with Crippen LogP contribution < -0.4 is 16.8 Å². The summed E-state index contributed by atoms with van der Waals surface area (Å²) in [7, 11) is 0. The first kappa shape index (κ1) is 28.2.